The van der Waals surface area contributed by atoms with Gasteiger partial charge >= 0.3 is 0 Å². The molecule has 0 atom stereocenters. The number of nitrogens with one attached hydrogen (secondary N) is 1. The van der Waals surface area contributed by atoms with Crippen LogP contribution in [0.2, 0.25) is 0 Å². The van der Waals surface area contributed by atoms with Gasteiger partial charge in [-0.1, -0.05) is 19.3 Å². The fourth-order valence-electron chi connectivity index (χ4n) is 4.06. The monoisotopic (exact) mass is 386 g/mol. The van der Waals surface area contributed by atoms with E-state index in [0.29, 0.717) is 26.0 Å². The Morgan fingerprint density at radius 1 is 1.25 bits per heavy atom. The van der Waals surface area contributed by atoms with Gasteiger partial charge in [-0.25, -0.2) is 0 Å². The summed E-state index contributed by atoms with van der Waals surface area (Å²) in [5, 5.41) is 10.3. The van der Waals surface area contributed by atoms with Crippen molar-refractivity contribution in [2.45, 2.75) is 57.9 Å². The normalized spacial score (nSPS) is 14.9. The van der Waals surface area contributed by atoms with Crippen LogP contribution in [0.4, 0.5) is 0 Å². The van der Waals surface area contributed by atoms with E-state index in [4.69, 9.17) is 4.74 Å². The number of hydrogen-bond acceptors (Lipinski definition) is 4. The Hall–Kier alpha value is -2.34. The lowest BCUT2D eigenvalue weighted by molar-refractivity contribution is -0.135. The molecule has 1 aromatic carbocycles. The van der Waals surface area contributed by atoms with Crippen molar-refractivity contribution in [2.24, 2.45) is 0 Å². The Kier molecular flexibility index (Phi) is 7.09. The number of fused-ring (bicyclic) bond motifs is 1. The summed E-state index contributed by atoms with van der Waals surface area (Å²) in [5.41, 5.74) is 1.59. The molecule has 1 aliphatic rings. The zero-order valence-electron chi connectivity index (χ0n) is 16.6. The summed E-state index contributed by atoms with van der Waals surface area (Å²) < 4.78 is 5.82. The second-order valence-electron chi connectivity index (χ2n) is 7.58. The summed E-state index contributed by atoms with van der Waals surface area (Å²) in [7, 11) is 0. The van der Waals surface area contributed by atoms with E-state index < -0.39 is 0 Å². The van der Waals surface area contributed by atoms with Gasteiger partial charge in [0.25, 0.3) is 0 Å². The van der Waals surface area contributed by atoms with Crippen molar-refractivity contribution >= 4 is 16.8 Å². The van der Waals surface area contributed by atoms with E-state index >= 15 is 0 Å². The van der Waals surface area contributed by atoms with Gasteiger partial charge in [-0.05, 0) is 49.9 Å². The minimum absolute atomic E-state index is 0.0112. The molecule has 28 heavy (non-hydrogen) atoms. The van der Waals surface area contributed by atoms with E-state index in [2.05, 4.69) is 4.98 Å². The van der Waals surface area contributed by atoms with Gasteiger partial charge in [0.1, 0.15) is 5.75 Å². The molecular formula is C22H30N2O4. The molecule has 0 bridgehead atoms. The zero-order valence-corrected chi connectivity index (χ0v) is 16.6. The molecule has 2 aromatic rings. The second kappa shape index (κ2) is 9.73. The number of rotatable bonds is 8. The number of H-pyrrole nitrogens is 1. The van der Waals surface area contributed by atoms with Crippen molar-refractivity contribution in [1.29, 1.82) is 0 Å². The van der Waals surface area contributed by atoms with Crippen molar-refractivity contribution < 1.29 is 14.6 Å². The van der Waals surface area contributed by atoms with Crippen LogP contribution in [-0.2, 0) is 4.79 Å². The molecule has 1 amide bonds. The minimum atomic E-state index is -0.109. The lowest BCUT2D eigenvalue weighted by Crippen LogP contribution is -2.43. The average Bonchev–Trinajstić information content (AvgIpc) is 2.70. The van der Waals surface area contributed by atoms with Crippen LogP contribution < -0.4 is 10.3 Å². The fourth-order valence-corrected chi connectivity index (χ4v) is 4.06. The van der Waals surface area contributed by atoms with Crippen LogP contribution in [0.15, 0.2) is 29.1 Å². The molecule has 1 heterocycles. The number of nitrogens with zero attached hydrogens (tertiary/aromatic N) is 1. The Balaban J connectivity index is 1.52. The van der Waals surface area contributed by atoms with Crippen molar-refractivity contribution in [3.63, 3.8) is 0 Å². The highest BCUT2D eigenvalue weighted by molar-refractivity contribution is 5.83. The Morgan fingerprint density at radius 3 is 2.79 bits per heavy atom. The smallest absolute Gasteiger partial charge is 0.248 e. The zero-order chi connectivity index (χ0) is 19.9. The molecule has 6 nitrogen and oxygen atoms in total. The number of pyridine rings is 1. The van der Waals surface area contributed by atoms with Crippen LogP contribution in [0.3, 0.4) is 0 Å². The van der Waals surface area contributed by atoms with Crippen LogP contribution in [0.5, 0.6) is 5.75 Å². The summed E-state index contributed by atoms with van der Waals surface area (Å²) in [6.45, 7) is 2.79. The molecule has 3 rings (SSSR count). The predicted octanol–water partition coefficient (Wildman–Crippen LogP) is 3.15. The maximum absolute atomic E-state index is 12.6. The number of benzene rings is 1. The number of aromatic nitrogens is 1. The van der Waals surface area contributed by atoms with E-state index in [0.717, 1.165) is 47.9 Å². The van der Waals surface area contributed by atoms with E-state index in [1.807, 2.05) is 30.0 Å². The van der Waals surface area contributed by atoms with Crippen LogP contribution in [0.1, 0.15) is 50.5 Å². The minimum Gasteiger partial charge on any atom is -0.494 e. The first-order valence-corrected chi connectivity index (χ1v) is 10.3. The Morgan fingerprint density at radius 2 is 2.04 bits per heavy atom. The summed E-state index contributed by atoms with van der Waals surface area (Å²) in [6, 6.07) is 7.45. The Bertz CT molecular complexity index is 855. The molecule has 1 aromatic heterocycles. The van der Waals surface area contributed by atoms with Gasteiger partial charge in [-0.2, -0.15) is 0 Å². The standard InChI is InChI=1S/C22H30N2O4/c1-16-14-21(26)23-20-10-9-18(15-19(16)20)28-13-5-8-22(27)24(11-12-25)17-6-3-2-4-7-17/h9-10,14-15,17,25H,2-8,11-13H2,1H3,(H,23,26). The first kappa shape index (κ1) is 20.4. The molecule has 0 aliphatic heterocycles. The van der Waals surface area contributed by atoms with Crippen LogP contribution in [0, 0.1) is 6.92 Å². The summed E-state index contributed by atoms with van der Waals surface area (Å²) in [6.07, 6.45) is 6.71. The molecule has 0 spiro atoms. The maximum Gasteiger partial charge on any atom is 0.248 e. The molecule has 0 saturated heterocycles. The lowest BCUT2D eigenvalue weighted by atomic mass is 9.94. The fraction of sp³-hybridized carbons (Fsp3) is 0.545. The first-order valence-electron chi connectivity index (χ1n) is 10.3. The summed E-state index contributed by atoms with van der Waals surface area (Å²) in [5.74, 6) is 0.839. The predicted molar refractivity (Wildman–Crippen MR) is 110 cm³/mol. The number of aryl methyl sites for hydroxylation is 1. The molecular weight excluding hydrogens is 356 g/mol. The van der Waals surface area contributed by atoms with Gasteiger partial charge in [0.2, 0.25) is 11.5 Å². The molecule has 1 fully saturated rings. The third-order valence-corrected chi connectivity index (χ3v) is 5.50. The number of amides is 1. The van der Waals surface area contributed by atoms with E-state index in [1.165, 1.54) is 6.42 Å². The molecule has 0 radical (unpaired) electrons. The third kappa shape index (κ3) is 5.13. The summed E-state index contributed by atoms with van der Waals surface area (Å²) in [4.78, 5) is 28.8. The van der Waals surface area contributed by atoms with Crippen LogP contribution in [-0.4, -0.2) is 46.7 Å². The molecule has 152 valence electrons. The highest BCUT2D eigenvalue weighted by Crippen LogP contribution is 2.24. The first-order chi connectivity index (χ1) is 13.6. The highest BCUT2D eigenvalue weighted by atomic mass is 16.5. The molecule has 2 N–H and O–H groups in total. The largest absolute Gasteiger partial charge is 0.494 e. The molecule has 6 heteroatoms. The number of carbonyl (C=O) groups excluding carboxylic acids is 1. The van der Waals surface area contributed by atoms with Crippen molar-refractivity contribution in [3.8, 4) is 5.75 Å². The van der Waals surface area contributed by atoms with Gasteiger partial charge in [0.15, 0.2) is 0 Å². The van der Waals surface area contributed by atoms with E-state index in [-0.39, 0.29) is 24.1 Å². The average molecular weight is 386 g/mol. The highest BCUT2D eigenvalue weighted by Gasteiger charge is 2.24. The summed E-state index contributed by atoms with van der Waals surface area (Å²) >= 11 is 0. The SMILES string of the molecule is Cc1cc(=O)[nH]c2ccc(OCCCC(=O)N(CCO)C3CCCCC3)cc12. The number of hydrogen-bond donors (Lipinski definition) is 2. The molecule has 1 saturated carbocycles. The lowest BCUT2D eigenvalue weighted by Gasteiger charge is -2.34. The van der Waals surface area contributed by atoms with Gasteiger partial charge in [-0.15, -0.1) is 0 Å². The quantitative estimate of drug-likeness (QED) is 0.683. The van der Waals surface area contributed by atoms with Crippen molar-refractivity contribution in [1.82, 2.24) is 9.88 Å². The number of carbonyl (C=O) groups is 1. The third-order valence-electron chi connectivity index (χ3n) is 5.50. The number of aliphatic hydroxyl groups excluding tert-OH is 1. The van der Waals surface area contributed by atoms with Gasteiger partial charge in [0.05, 0.1) is 13.2 Å². The van der Waals surface area contributed by atoms with Crippen LogP contribution >= 0.6 is 0 Å². The van der Waals surface area contributed by atoms with E-state index in [9.17, 15) is 14.7 Å². The maximum atomic E-state index is 12.6. The second-order valence-corrected chi connectivity index (χ2v) is 7.58. The molecule has 1 aliphatic carbocycles. The Labute approximate surface area is 165 Å². The number of ether oxygens (including phenoxy) is 1. The van der Waals surface area contributed by atoms with Gasteiger partial charge in [-0.3, -0.25) is 9.59 Å². The van der Waals surface area contributed by atoms with E-state index in [1.54, 1.807) is 6.07 Å². The topological polar surface area (TPSA) is 82.6 Å². The molecule has 0 unspecified atom stereocenters. The number of aromatic amines is 1. The van der Waals surface area contributed by atoms with Gasteiger partial charge in [0, 0.05) is 36.0 Å². The van der Waals surface area contributed by atoms with Gasteiger partial charge < -0.3 is 19.7 Å². The van der Waals surface area contributed by atoms with Crippen molar-refractivity contribution in [3.05, 3.63) is 40.2 Å². The number of aliphatic hydroxyl groups is 1. The van der Waals surface area contributed by atoms with Crippen molar-refractivity contribution in [2.75, 3.05) is 19.8 Å². The van der Waals surface area contributed by atoms with Crippen LogP contribution in [0.25, 0.3) is 10.9 Å².